The molecule has 1 N–H and O–H groups in total. The van der Waals surface area contributed by atoms with Gasteiger partial charge >= 0.3 is 0 Å². The Balaban J connectivity index is 1.54. The number of hydrogen-bond acceptors (Lipinski definition) is 3. The van der Waals surface area contributed by atoms with Gasteiger partial charge in [0, 0.05) is 32.7 Å². The summed E-state index contributed by atoms with van der Waals surface area (Å²) in [7, 11) is 2.16. The molecular weight excluding hydrogens is 281 g/mol. The lowest BCUT2D eigenvalue weighted by molar-refractivity contribution is 0.0948. The Hall–Kier alpha value is -1.46. The lowest BCUT2D eigenvalue weighted by Crippen LogP contribution is -2.44. The molecule has 1 amide bonds. The van der Waals surface area contributed by atoms with Gasteiger partial charge in [-0.05, 0) is 38.6 Å². The first kappa shape index (κ1) is 16.9. The lowest BCUT2D eigenvalue weighted by atomic mass is 10.2. The van der Waals surface area contributed by atoms with E-state index in [9.17, 15) is 9.18 Å². The predicted molar refractivity (Wildman–Crippen MR) is 86.5 cm³/mol. The van der Waals surface area contributed by atoms with Crippen LogP contribution in [-0.2, 0) is 0 Å². The standard InChI is InChI=1S/C17H26FN3O/c1-20-11-13-21(14-12-20)10-6-2-5-9-19-17(22)15-7-3-4-8-16(15)18/h3-4,7-8H,2,5-6,9-14H2,1H3,(H,19,22). The Morgan fingerprint density at radius 1 is 1.14 bits per heavy atom. The zero-order chi connectivity index (χ0) is 15.8. The molecule has 122 valence electrons. The summed E-state index contributed by atoms with van der Waals surface area (Å²) in [6, 6.07) is 6.08. The number of hydrogen-bond donors (Lipinski definition) is 1. The Labute approximate surface area is 132 Å². The molecule has 22 heavy (non-hydrogen) atoms. The molecule has 0 aliphatic carbocycles. The number of halogens is 1. The Morgan fingerprint density at radius 3 is 2.59 bits per heavy atom. The van der Waals surface area contributed by atoms with Crippen LogP contribution in [0.25, 0.3) is 0 Å². The monoisotopic (exact) mass is 307 g/mol. The maximum Gasteiger partial charge on any atom is 0.254 e. The third kappa shape index (κ3) is 5.39. The van der Waals surface area contributed by atoms with E-state index in [1.54, 1.807) is 12.1 Å². The first-order chi connectivity index (χ1) is 10.7. The Morgan fingerprint density at radius 2 is 1.86 bits per heavy atom. The molecule has 1 heterocycles. The van der Waals surface area contributed by atoms with Crippen LogP contribution in [0.3, 0.4) is 0 Å². The second kappa shape index (κ2) is 8.86. The van der Waals surface area contributed by atoms with E-state index < -0.39 is 5.82 Å². The molecule has 1 fully saturated rings. The van der Waals surface area contributed by atoms with E-state index in [-0.39, 0.29) is 11.5 Å². The summed E-state index contributed by atoms with van der Waals surface area (Å²) in [6.45, 7) is 6.35. The van der Waals surface area contributed by atoms with Crippen LogP contribution in [0.15, 0.2) is 24.3 Å². The van der Waals surface area contributed by atoms with E-state index in [4.69, 9.17) is 0 Å². The lowest BCUT2D eigenvalue weighted by Gasteiger charge is -2.32. The highest BCUT2D eigenvalue weighted by atomic mass is 19.1. The first-order valence-corrected chi connectivity index (χ1v) is 8.10. The number of piperazine rings is 1. The van der Waals surface area contributed by atoms with Gasteiger partial charge in [0.2, 0.25) is 0 Å². The molecule has 0 unspecified atom stereocenters. The molecule has 1 aromatic carbocycles. The van der Waals surface area contributed by atoms with Crippen molar-refractivity contribution in [1.82, 2.24) is 15.1 Å². The SMILES string of the molecule is CN1CCN(CCCCCNC(=O)c2ccccc2F)CC1. The average molecular weight is 307 g/mol. The van der Waals surface area contributed by atoms with E-state index >= 15 is 0 Å². The molecular formula is C17H26FN3O. The first-order valence-electron chi connectivity index (χ1n) is 8.10. The molecule has 4 nitrogen and oxygen atoms in total. The zero-order valence-electron chi connectivity index (χ0n) is 13.4. The normalized spacial score (nSPS) is 16.6. The number of likely N-dealkylation sites (N-methyl/N-ethyl adjacent to an activating group) is 1. The summed E-state index contributed by atoms with van der Waals surface area (Å²) in [6.07, 6.45) is 3.18. The van der Waals surface area contributed by atoms with E-state index in [2.05, 4.69) is 22.2 Å². The van der Waals surface area contributed by atoms with Crippen molar-refractivity contribution in [3.8, 4) is 0 Å². The third-order valence-electron chi connectivity index (χ3n) is 4.15. The third-order valence-corrected chi connectivity index (χ3v) is 4.15. The molecule has 1 saturated heterocycles. The number of amides is 1. The van der Waals surface area contributed by atoms with Crippen molar-refractivity contribution in [2.75, 3.05) is 46.3 Å². The summed E-state index contributed by atoms with van der Waals surface area (Å²) in [5.41, 5.74) is 0.125. The fourth-order valence-electron chi connectivity index (χ4n) is 2.65. The molecule has 2 rings (SSSR count). The number of nitrogens with zero attached hydrogens (tertiary/aromatic N) is 2. The van der Waals surface area contributed by atoms with Gasteiger partial charge in [-0.2, -0.15) is 0 Å². The van der Waals surface area contributed by atoms with Crippen molar-refractivity contribution in [3.63, 3.8) is 0 Å². The van der Waals surface area contributed by atoms with Gasteiger partial charge < -0.3 is 15.1 Å². The molecule has 0 radical (unpaired) electrons. The van der Waals surface area contributed by atoms with Gasteiger partial charge in [-0.25, -0.2) is 4.39 Å². The summed E-state index contributed by atoms with van der Waals surface area (Å²) in [5, 5.41) is 2.78. The minimum atomic E-state index is -0.463. The smallest absolute Gasteiger partial charge is 0.254 e. The predicted octanol–water partition coefficient (Wildman–Crippen LogP) is 1.97. The molecule has 0 saturated carbocycles. The molecule has 0 bridgehead atoms. The zero-order valence-corrected chi connectivity index (χ0v) is 13.4. The van der Waals surface area contributed by atoms with Crippen LogP contribution in [0.1, 0.15) is 29.6 Å². The van der Waals surface area contributed by atoms with Crippen molar-refractivity contribution < 1.29 is 9.18 Å². The Kier molecular flexibility index (Phi) is 6.80. The van der Waals surface area contributed by atoms with Crippen LogP contribution in [0.5, 0.6) is 0 Å². The summed E-state index contributed by atoms with van der Waals surface area (Å²) < 4.78 is 13.4. The van der Waals surface area contributed by atoms with Crippen molar-refractivity contribution in [2.24, 2.45) is 0 Å². The number of carbonyl (C=O) groups excluding carboxylic acids is 1. The van der Waals surface area contributed by atoms with Gasteiger partial charge in [-0.15, -0.1) is 0 Å². The summed E-state index contributed by atoms with van der Waals surface area (Å²) in [4.78, 5) is 16.7. The minimum Gasteiger partial charge on any atom is -0.352 e. The maximum absolute atomic E-state index is 13.4. The van der Waals surface area contributed by atoms with Crippen molar-refractivity contribution in [2.45, 2.75) is 19.3 Å². The number of benzene rings is 1. The largest absolute Gasteiger partial charge is 0.352 e. The van der Waals surface area contributed by atoms with Crippen molar-refractivity contribution in [3.05, 3.63) is 35.6 Å². The van der Waals surface area contributed by atoms with E-state index in [0.29, 0.717) is 6.54 Å². The molecule has 1 aliphatic heterocycles. The van der Waals surface area contributed by atoms with E-state index in [1.807, 2.05) is 0 Å². The minimum absolute atomic E-state index is 0.125. The molecule has 1 aromatic rings. The van der Waals surface area contributed by atoms with Crippen LogP contribution in [-0.4, -0.2) is 62.0 Å². The van der Waals surface area contributed by atoms with Gasteiger partial charge in [-0.3, -0.25) is 4.79 Å². The van der Waals surface area contributed by atoms with Gasteiger partial charge in [0.25, 0.3) is 5.91 Å². The topological polar surface area (TPSA) is 35.6 Å². The van der Waals surface area contributed by atoms with Gasteiger partial charge in [-0.1, -0.05) is 18.6 Å². The van der Waals surface area contributed by atoms with Crippen molar-refractivity contribution in [1.29, 1.82) is 0 Å². The van der Waals surface area contributed by atoms with Gasteiger partial charge in [0.1, 0.15) is 5.82 Å². The van der Waals surface area contributed by atoms with Gasteiger partial charge in [0.05, 0.1) is 5.56 Å². The quantitative estimate of drug-likeness (QED) is 0.782. The van der Waals surface area contributed by atoms with Crippen LogP contribution < -0.4 is 5.32 Å². The molecule has 0 atom stereocenters. The molecule has 1 aliphatic rings. The van der Waals surface area contributed by atoms with E-state index in [1.165, 1.54) is 12.1 Å². The highest BCUT2D eigenvalue weighted by Gasteiger charge is 2.13. The maximum atomic E-state index is 13.4. The second-order valence-electron chi connectivity index (χ2n) is 5.94. The fourth-order valence-corrected chi connectivity index (χ4v) is 2.65. The van der Waals surface area contributed by atoms with E-state index in [0.717, 1.165) is 52.0 Å². The van der Waals surface area contributed by atoms with Crippen molar-refractivity contribution >= 4 is 5.91 Å². The number of rotatable bonds is 7. The highest BCUT2D eigenvalue weighted by molar-refractivity contribution is 5.94. The second-order valence-corrected chi connectivity index (χ2v) is 5.94. The van der Waals surface area contributed by atoms with Gasteiger partial charge in [0.15, 0.2) is 0 Å². The highest BCUT2D eigenvalue weighted by Crippen LogP contribution is 2.06. The number of unbranched alkanes of at least 4 members (excludes halogenated alkanes) is 2. The molecule has 0 spiro atoms. The van der Waals surface area contributed by atoms with Crippen LogP contribution in [0.4, 0.5) is 4.39 Å². The number of carbonyl (C=O) groups is 1. The average Bonchev–Trinajstić information content (AvgIpc) is 2.52. The van der Waals surface area contributed by atoms with Crippen LogP contribution in [0, 0.1) is 5.82 Å². The molecule has 5 heteroatoms. The molecule has 0 aromatic heterocycles. The Bertz CT molecular complexity index is 473. The summed E-state index contributed by atoms with van der Waals surface area (Å²) >= 11 is 0. The fraction of sp³-hybridized carbons (Fsp3) is 0.588. The number of nitrogens with one attached hydrogen (secondary N) is 1. The van der Waals surface area contributed by atoms with Crippen LogP contribution in [0.2, 0.25) is 0 Å². The summed E-state index contributed by atoms with van der Waals surface area (Å²) in [5.74, 6) is -0.785. The van der Waals surface area contributed by atoms with Crippen LogP contribution >= 0.6 is 0 Å².